The minimum atomic E-state index is -3.34. The summed E-state index contributed by atoms with van der Waals surface area (Å²) >= 11 is 6.10. The van der Waals surface area contributed by atoms with Crippen molar-refractivity contribution in [3.8, 4) is 11.5 Å². The van der Waals surface area contributed by atoms with Crippen molar-refractivity contribution >= 4 is 21.4 Å². The molecule has 0 amide bonds. The van der Waals surface area contributed by atoms with Crippen LogP contribution in [0, 0.1) is 0 Å². The van der Waals surface area contributed by atoms with E-state index in [-0.39, 0.29) is 16.0 Å². The maximum absolute atomic E-state index is 11.7. The van der Waals surface area contributed by atoms with Crippen LogP contribution in [-0.2, 0) is 9.84 Å². The summed E-state index contributed by atoms with van der Waals surface area (Å²) in [5.41, 5.74) is 0. The molecule has 0 spiro atoms. The minimum absolute atomic E-state index is 0.134. The van der Waals surface area contributed by atoms with Crippen LogP contribution < -0.4 is 9.47 Å². The van der Waals surface area contributed by atoms with Crippen molar-refractivity contribution < 1.29 is 17.9 Å². The topological polar surface area (TPSA) is 55.8 Å². The van der Waals surface area contributed by atoms with Gasteiger partial charge in [0.15, 0.2) is 21.3 Å². The van der Waals surface area contributed by atoms with Gasteiger partial charge in [0.1, 0.15) is 12.7 Å². The molecule has 1 atom stereocenters. The number of ether oxygens (including phenoxy) is 2. The average molecular weight is 348 g/mol. The first-order chi connectivity index (χ1) is 10.3. The Bertz CT molecular complexity index is 633. The Kier molecular flexibility index (Phi) is 5.58. The van der Waals surface area contributed by atoms with Gasteiger partial charge >= 0.3 is 0 Å². The number of nitrogens with zero attached hydrogens (tertiary/aromatic N) is 1. The molecule has 1 aliphatic heterocycles. The van der Waals surface area contributed by atoms with Crippen molar-refractivity contribution in [1.82, 2.24) is 4.90 Å². The summed E-state index contributed by atoms with van der Waals surface area (Å²) in [6, 6.07) is 2.88. The molecule has 0 saturated heterocycles. The van der Waals surface area contributed by atoms with Gasteiger partial charge in [0.25, 0.3) is 0 Å². The lowest BCUT2D eigenvalue weighted by Gasteiger charge is -2.31. The molecule has 1 aromatic carbocycles. The molecule has 1 aliphatic rings. The van der Waals surface area contributed by atoms with Crippen LogP contribution >= 0.6 is 11.6 Å². The van der Waals surface area contributed by atoms with Crippen molar-refractivity contribution in [2.45, 2.75) is 31.3 Å². The van der Waals surface area contributed by atoms with Gasteiger partial charge in [0.05, 0.1) is 9.92 Å². The first-order valence-electron chi connectivity index (χ1n) is 7.40. The summed E-state index contributed by atoms with van der Waals surface area (Å²) in [7, 11) is -3.34. The van der Waals surface area contributed by atoms with E-state index in [0.29, 0.717) is 18.1 Å². The maximum Gasteiger partial charge on any atom is 0.180 e. The third-order valence-electron chi connectivity index (χ3n) is 3.57. The van der Waals surface area contributed by atoms with Gasteiger partial charge in [-0.15, -0.1) is 0 Å². The van der Waals surface area contributed by atoms with E-state index >= 15 is 0 Å². The Morgan fingerprint density at radius 3 is 2.68 bits per heavy atom. The Labute approximate surface area is 137 Å². The molecule has 0 bridgehead atoms. The average Bonchev–Trinajstić information content (AvgIpc) is 2.45. The lowest BCUT2D eigenvalue weighted by atomic mass is 10.2. The van der Waals surface area contributed by atoms with E-state index in [1.807, 2.05) is 0 Å². The Balaban J connectivity index is 2.20. The molecule has 1 heterocycles. The number of hydrogen-bond acceptors (Lipinski definition) is 5. The number of benzene rings is 1. The molecular weight excluding hydrogens is 326 g/mol. The number of sulfone groups is 1. The molecule has 0 saturated carbocycles. The zero-order chi connectivity index (χ0) is 16.3. The fourth-order valence-electron chi connectivity index (χ4n) is 2.45. The van der Waals surface area contributed by atoms with E-state index in [9.17, 15) is 8.42 Å². The SMILES string of the molecule is CCCN(CC)C[C@H]1COc2c(Cl)cc(S(C)(=O)=O)cc2O1. The molecule has 0 fully saturated rings. The second-order valence-corrected chi connectivity index (χ2v) is 7.87. The van der Waals surface area contributed by atoms with E-state index in [0.717, 1.165) is 32.3 Å². The molecule has 0 aliphatic carbocycles. The van der Waals surface area contributed by atoms with Crippen molar-refractivity contribution in [2.24, 2.45) is 0 Å². The highest BCUT2D eigenvalue weighted by Gasteiger charge is 2.26. The van der Waals surface area contributed by atoms with E-state index in [4.69, 9.17) is 21.1 Å². The van der Waals surface area contributed by atoms with E-state index in [1.165, 1.54) is 12.1 Å². The van der Waals surface area contributed by atoms with Crippen LogP contribution in [0.25, 0.3) is 0 Å². The van der Waals surface area contributed by atoms with Gasteiger partial charge in [-0.25, -0.2) is 8.42 Å². The summed E-state index contributed by atoms with van der Waals surface area (Å²) in [6.07, 6.45) is 2.08. The van der Waals surface area contributed by atoms with Crippen LogP contribution in [0.1, 0.15) is 20.3 Å². The van der Waals surface area contributed by atoms with Crippen molar-refractivity contribution in [3.63, 3.8) is 0 Å². The summed E-state index contributed by atoms with van der Waals surface area (Å²) in [5, 5.41) is 0.261. The van der Waals surface area contributed by atoms with Crippen LogP contribution in [0.3, 0.4) is 0 Å². The zero-order valence-corrected chi connectivity index (χ0v) is 14.7. The van der Waals surface area contributed by atoms with Crippen molar-refractivity contribution in [2.75, 3.05) is 32.5 Å². The maximum atomic E-state index is 11.7. The van der Waals surface area contributed by atoms with Crippen LogP contribution in [0.15, 0.2) is 17.0 Å². The Morgan fingerprint density at radius 2 is 2.09 bits per heavy atom. The molecule has 0 N–H and O–H groups in total. The molecule has 0 aromatic heterocycles. The molecule has 2 rings (SSSR count). The highest BCUT2D eigenvalue weighted by Crippen LogP contribution is 2.40. The summed E-state index contributed by atoms with van der Waals surface area (Å²) in [6.45, 7) is 7.31. The molecule has 124 valence electrons. The lowest BCUT2D eigenvalue weighted by molar-refractivity contribution is 0.0599. The van der Waals surface area contributed by atoms with Gasteiger partial charge in [-0.1, -0.05) is 25.4 Å². The summed E-state index contributed by atoms with van der Waals surface area (Å²) < 4.78 is 35.0. The summed E-state index contributed by atoms with van der Waals surface area (Å²) in [4.78, 5) is 2.42. The van der Waals surface area contributed by atoms with Crippen molar-refractivity contribution in [3.05, 3.63) is 17.2 Å². The zero-order valence-electron chi connectivity index (χ0n) is 13.1. The van der Waals surface area contributed by atoms with Crippen LogP contribution in [0.4, 0.5) is 0 Å². The van der Waals surface area contributed by atoms with Gasteiger partial charge in [-0.2, -0.15) is 0 Å². The second kappa shape index (κ2) is 7.06. The van der Waals surface area contributed by atoms with Crippen molar-refractivity contribution in [1.29, 1.82) is 0 Å². The molecule has 0 unspecified atom stereocenters. The van der Waals surface area contributed by atoms with E-state index in [2.05, 4.69) is 18.7 Å². The lowest BCUT2D eigenvalue weighted by Crippen LogP contribution is -2.41. The highest BCUT2D eigenvalue weighted by atomic mass is 35.5. The first kappa shape index (κ1) is 17.4. The van der Waals surface area contributed by atoms with Gasteiger partial charge < -0.3 is 9.47 Å². The molecule has 0 radical (unpaired) electrons. The Hall–Kier alpha value is -0.980. The number of likely N-dealkylation sites (N-methyl/N-ethyl adjacent to an activating group) is 1. The van der Waals surface area contributed by atoms with Crippen LogP contribution in [0.2, 0.25) is 5.02 Å². The minimum Gasteiger partial charge on any atom is -0.484 e. The molecule has 1 aromatic rings. The normalized spacial score (nSPS) is 17.8. The summed E-state index contributed by atoms with van der Waals surface area (Å²) in [5.74, 6) is 0.820. The third-order valence-corrected chi connectivity index (χ3v) is 4.94. The molecule has 22 heavy (non-hydrogen) atoms. The van der Waals surface area contributed by atoms with E-state index in [1.54, 1.807) is 0 Å². The smallest absolute Gasteiger partial charge is 0.180 e. The van der Waals surface area contributed by atoms with E-state index < -0.39 is 9.84 Å². The molecular formula is C15H22ClNO4S. The van der Waals surface area contributed by atoms with Gasteiger partial charge in [0.2, 0.25) is 0 Å². The Morgan fingerprint density at radius 1 is 1.36 bits per heavy atom. The quantitative estimate of drug-likeness (QED) is 0.791. The van der Waals surface area contributed by atoms with Crippen LogP contribution in [0.5, 0.6) is 11.5 Å². The fourth-order valence-corrected chi connectivity index (χ4v) is 3.43. The monoisotopic (exact) mass is 347 g/mol. The molecule has 7 heteroatoms. The van der Waals surface area contributed by atoms with Gasteiger partial charge in [-0.3, -0.25) is 4.90 Å². The first-order valence-corrected chi connectivity index (χ1v) is 9.67. The standard InChI is InChI=1S/C15H22ClNO4S/c1-4-6-17(5-2)9-11-10-20-15-13(16)7-12(22(3,18)19)8-14(15)21-11/h7-8,11H,4-6,9-10H2,1-3H3/t11-/m0/s1. The molecule has 5 nitrogen and oxygen atoms in total. The van der Waals surface area contributed by atoms with Gasteiger partial charge in [-0.05, 0) is 25.6 Å². The third kappa shape index (κ3) is 4.06. The van der Waals surface area contributed by atoms with Gasteiger partial charge in [0, 0.05) is 18.9 Å². The predicted molar refractivity (Wildman–Crippen MR) is 86.9 cm³/mol. The van der Waals surface area contributed by atoms with Crippen LogP contribution in [-0.4, -0.2) is 51.9 Å². The second-order valence-electron chi connectivity index (χ2n) is 5.45. The largest absolute Gasteiger partial charge is 0.484 e. The number of hydrogen-bond donors (Lipinski definition) is 0. The number of fused-ring (bicyclic) bond motifs is 1. The number of halogens is 1. The number of rotatable bonds is 6. The predicted octanol–water partition coefficient (Wildman–Crippen LogP) is 2.62. The highest BCUT2D eigenvalue weighted by molar-refractivity contribution is 7.90. The fraction of sp³-hybridized carbons (Fsp3) is 0.600.